The van der Waals surface area contributed by atoms with Crippen molar-refractivity contribution in [1.29, 1.82) is 0 Å². The summed E-state index contributed by atoms with van der Waals surface area (Å²) in [5.41, 5.74) is 5.39. The van der Waals surface area contributed by atoms with Crippen molar-refractivity contribution < 1.29 is 14.3 Å². The van der Waals surface area contributed by atoms with Gasteiger partial charge in [0.2, 0.25) is 0 Å². The third-order valence-electron chi connectivity index (χ3n) is 2.36. The number of benzene rings is 1. The van der Waals surface area contributed by atoms with Gasteiger partial charge in [-0.1, -0.05) is 12.1 Å². The van der Waals surface area contributed by atoms with E-state index in [4.69, 9.17) is 14.9 Å². The van der Waals surface area contributed by atoms with Crippen molar-refractivity contribution in [3.63, 3.8) is 0 Å². The lowest BCUT2D eigenvalue weighted by Crippen LogP contribution is -2.11. The molecule has 0 saturated heterocycles. The highest BCUT2D eigenvalue weighted by atomic mass is 16.5. The Kier molecular flexibility index (Phi) is 2.62. The largest absolute Gasteiger partial charge is 0.496 e. The molecule has 0 bridgehead atoms. The molecule has 15 heavy (non-hydrogen) atoms. The number of rotatable bonds is 3. The van der Waals surface area contributed by atoms with Crippen LogP contribution in [0.3, 0.4) is 0 Å². The molecule has 3 N–H and O–H groups in total. The van der Waals surface area contributed by atoms with Gasteiger partial charge in [-0.2, -0.15) is 0 Å². The van der Waals surface area contributed by atoms with Crippen molar-refractivity contribution >= 4 is 10.8 Å². The van der Waals surface area contributed by atoms with Crippen LogP contribution in [0.5, 0.6) is 5.75 Å². The summed E-state index contributed by atoms with van der Waals surface area (Å²) < 4.78 is 10.5. The molecule has 2 aromatic rings. The Balaban J connectivity index is 2.65. The van der Waals surface area contributed by atoms with E-state index in [1.807, 2.05) is 18.2 Å². The number of aliphatic hydroxyl groups is 1. The Labute approximate surface area is 87.2 Å². The van der Waals surface area contributed by atoms with E-state index in [2.05, 4.69) is 0 Å². The molecule has 1 aromatic carbocycles. The van der Waals surface area contributed by atoms with Crippen LogP contribution in [0, 0.1) is 0 Å². The van der Waals surface area contributed by atoms with Crippen molar-refractivity contribution in [3.8, 4) is 5.75 Å². The van der Waals surface area contributed by atoms with Crippen LogP contribution in [-0.4, -0.2) is 18.8 Å². The van der Waals surface area contributed by atoms with E-state index < -0.39 is 6.10 Å². The van der Waals surface area contributed by atoms with Crippen LogP contribution in [0.2, 0.25) is 0 Å². The zero-order valence-electron chi connectivity index (χ0n) is 8.43. The third-order valence-corrected chi connectivity index (χ3v) is 2.36. The minimum atomic E-state index is -0.793. The second-order valence-electron chi connectivity index (χ2n) is 3.28. The molecule has 0 spiro atoms. The van der Waals surface area contributed by atoms with Gasteiger partial charge in [0, 0.05) is 11.9 Å². The summed E-state index contributed by atoms with van der Waals surface area (Å²) in [5, 5.41) is 11.4. The Hall–Kier alpha value is -1.52. The normalized spacial score (nSPS) is 13.0. The smallest absolute Gasteiger partial charge is 0.145 e. The van der Waals surface area contributed by atoms with Gasteiger partial charge in [0.05, 0.1) is 18.8 Å². The fourth-order valence-electron chi connectivity index (χ4n) is 1.62. The Morgan fingerprint density at radius 1 is 1.53 bits per heavy atom. The number of nitrogens with two attached hydrogens (primary N) is 1. The molecule has 0 aliphatic heterocycles. The van der Waals surface area contributed by atoms with Gasteiger partial charge in [-0.25, -0.2) is 0 Å². The van der Waals surface area contributed by atoms with Crippen molar-refractivity contribution in [3.05, 3.63) is 30.2 Å². The number of fused-ring (bicyclic) bond motifs is 1. The summed E-state index contributed by atoms with van der Waals surface area (Å²) in [6, 6.07) is 5.59. The highest BCUT2D eigenvalue weighted by Crippen LogP contribution is 2.33. The van der Waals surface area contributed by atoms with Crippen LogP contribution in [0.15, 0.2) is 28.9 Å². The van der Waals surface area contributed by atoms with E-state index in [0.29, 0.717) is 11.5 Å². The highest BCUT2D eigenvalue weighted by Gasteiger charge is 2.17. The van der Waals surface area contributed by atoms with Crippen molar-refractivity contribution in [2.24, 2.45) is 5.73 Å². The molecule has 0 radical (unpaired) electrons. The maximum atomic E-state index is 9.66. The molecule has 2 rings (SSSR count). The number of hydrogen-bond acceptors (Lipinski definition) is 4. The molecule has 0 aliphatic carbocycles. The van der Waals surface area contributed by atoms with E-state index in [0.717, 1.165) is 10.8 Å². The van der Waals surface area contributed by atoms with Crippen LogP contribution in [0.4, 0.5) is 0 Å². The van der Waals surface area contributed by atoms with E-state index >= 15 is 0 Å². The fraction of sp³-hybridized carbons (Fsp3) is 0.273. The first-order valence-corrected chi connectivity index (χ1v) is 4.70. The van der Waals surface area contributed by atoms with Gasteiger partial charge in [0.1, 0.15) is 17.6 Å². The first-order chi connectivity index (χ1) is 7.27. The fourth-order valence-corrected chi connectivity index (χ4v) is 1.62. The molecule has 0 amide bonds. The van der Waals surface area contributed by atoms with Crippen LogP contribution in [0.25, 0.3) is 10.8 Å². The van der Waals surface area contributed by atoms with Gasteiger partial charge in [-0.3, -0.25) is 0 Å². The number of hydrogen-bond donors (Lipinski definition) is 2. The predicted octanol–water partition coefficient (Wildman–Crippen LogP) is 1.43. The van der Waals surface area contributed by atoms with E-state index in [-0.39, 0.29) is 6.54 Å². The lowest BCUT2D eigenvalue weighted by molar-refractivity contribution is 0.160. The molecular weight excluding hydrogens is 194 g/mol. The number of methoxy groups -OCH3 is 1. The van der Waals surface area contributed by atoms with Crippen LogP contribution >= 0.6 is 0 Å². The van der Waals surface area contributed by atoms with Gasteiger partial charge in [-0.05, 0) is 6.07 Å². The average molecular weight is 207 g/mol. The molecular formula is C11H13NO3. The summed E-state index contributed by atoms with van der Waals surface area (Å²) in [4.78, 5) is 0. The molecule has 0 aliphatic rings. The zero-order valence-corrected chi connectivity index (χ0v) is 8.43. The van der Waals surface area contributed by atoms with E-state index in [1.54, 1.807) is 13.4 Å². The molecule has 0 saturated carbocycles. The number of aliphatic hydroxyl groups excluding tert-OH is 1. The standard InChI is InChI=1S/C11H13NO3/c1-14-9-4-2-3-7-6-15-11(10(7)9)8(13)5-12/h2-4,6,8,13H,5,12H2,1H3. The quantitative estimate of drug-likeness (QED) is 0.798. The first-order valence-electron chi connectivity index (χ1n) is 4.70. The molecule has 1 unspecified atom stereocenters. The predicted molar refractivity (Wildman–Crippen MR) is 56.8 cm³/mol. The topological polar surface area (TPSA) is 68.6 Å². The molecule has 0 fully saturated rings. The van der Waals surface area contributed by atoms with Gasteiger partial charge in [0.15, 0.2) is 0 Å². The minimum absolute atomic E-state index is 0.126. The Morgan fingerprint density at radius 3 is 3.00 bits per heavy atom. The summed E-state index contributed by atoms with van der Waals surface area (Å²) in [5.74, 6) is 1.15. The van der Waals surface area contributed by atoms with Gasteiger partial charge >= 0.3 is 0 Å². The maximum absolute atomic E-state index is 9.66. The summed E-state index contributed by atoms with van der Waals surface area (Å²) in [7, 11) is 1.58. The lowest BCUT2D eigenvalue weighted by Gasteiger charge is -2.07. The van der Waals surface area contributed by atoms with E-state index in [9.17, 15) is 5.11 Å². The third kappa shape index (κ3) is 1.58. The van der Waals surface area contributed by atoms with Gasteiger partial charge in [0.25, 0.3) is 0 Å². The molecule has 4 heteroatoms. The summed E-state index contributed by atoms with van der Waals surface area (Å²) >= 11 is 0. The van der Waals surface area contributed by atoms with Crippen molar-refractivity contribution in [2.45, 2.75) is 6.10 Å². The van der Waals surface area contributed by atoms with E-state index in [1.165, 1.54) is 0 Å². The zero-order chi connectivity index (χ0) is 10.8. The monoisotopic (exact) mass is 207 g/mol. The van der Waals surface area contributed by atoms with Gasteiger partial charge in [-0.15, -0.1) is 0 Å². The Morgan fingerprint density at radius 2 is 2.33 bits per heavy atom. The van der Waals surface area contributed by atoms with Crippen LogP contribution < -0.4 is 10.5 Å². The van der Waals surface area contributed by atoms with Gasteiger partial charge < -0.3 is 20.0 Å². The lowest BCUT2D eigenvalue weighted by atomic mass is 10.1. The van der Waals surface area contributed by atoms with Crippen LogP contribution in [0.1, 0.15) is 11.9 Å². The summed E-state index contributed by atoms with van der Waals surface area (Å²) in [6.45, 7) is 0.126. The average Bonchev–Trinajstić information content (AvgIpc) is 2.71. The highest BCUT2D eigenvalue weighted by molar-refractivity contribution is 5.90. The number of ether oxygens (including phenoxy) is 1. The summed E-state index contributed by atoms with van der Waals surface area (Å²) in [6.07, 6.45) is 0.797. The molecule has 1 heterocycles. The van der Waals surface area contributed by atoms with Crippen molar-refractivity contribution in [2.75, 3.05) is 13.7 Å². The number of furan rings is 1. The molecule has 4 nitrogen and oxygen atoms in total. The van der Waals surface area contributed by atoms with Crippen LogP contribution in [-0.2, 0) is 0 Å². The second-order valence-corrected chi connectivity index (χ2v) is 3.28. The molecule has 80 valence electrons. The van der Waals surface area contributed by atoms with Crippen molar-refractivity contribution in [1.82, 2.24) is 0 Å². The Bertz CT molecular complexity index is 464. The molecule has 1 atom stereocenters. The SMILES string of the molecule is COc1cccc2coc(C(O)CN)c12. The molecule has 1 aromatic heterocycles. The maximum Gasteiger partial charge on any atom is 0.145 e. The second kappa shape index (κ2) is 3.92. The first kappa shape index (κ1) is 10.0. The minimum Gasteiger partial charge on any atom is -0.496 e.